The van der Waals surface area contributed by atoms with E-state index < -0.39 is 0 Å². The summed E-state index contributed by atoms with van der Waals surface area (Å²) in [6, 6.07) is 0.469. The Morgan fingerprint density at radius 1 is 1.25 bits per heavy atom. The Morgan fingerprint density at radius 3 is 2.25 bits per heavy atom. The molecule has 0 aromatic heterocycles. The van der Waals surface area contributed by atoms with E-state index in [9.17, 15) is 0 Å². The maximum absolute atomic E-state index is 6.01. The Hall–Kier alpha value is 0.250. The minimum absolute atomic E-state index is 0. The molecule has 0 saturated heterocycles. The highest BCUT2D eigenvalue weighted by Crippen LogP contribution is 2.32. The van der Waals surface area contributed by atoms with Crippen LogP contribution in [0.3, 0.4) is 0 Å². The van der Waals surface area contributed by atoms with E-state index in [2.05, 4.69) is 20.8 Å². The van der Waals surface area contributed by atoms with Crippen molar-refractivity contribution in [3.63, 3.8) is 0 Å². The molecule has 0 amide bonds. The lowest BCUT2D eigenvalue weighted by Gasteiger charge is -2.33. The number of rotatable bonds is 1. The van der Waals surface area contributed by atoms with E-state index in [0.29, 0.717) is 6.04 Å². The number of hydrogen-bond donors (Lipinski definition) is 1. The highest BCUT2D eigenvalue weighted by atomic mass is 35.5. The molecule has 1 fully saturated rings. The van der Waals surface area contributed by atoms with Crippen LogP contribution in [0.5, 0.6) is 0 Å². The minimum Gasteiger partial charge on any atom is -0.327 e. The van der Waals surface area contributed by atoms with Gasteiger partial charge in [-0.2, -0.15) is 0 Å². The van der Waals surface area contributed by atoms with E-state index in [1.165, 1.54) is 19.3 Å². The second kappa shape index (κ2) is 5.08. The van der Waals surface area contributed by atoms with Crippen LogP contribution in [0.25, 0.3) is 0 Å². The Labute approximate surface area is 82.5 Å². The van der Waals surface area contributed by atoms with Gasteiger partial charge in [0.25, 0.3) is 0 Å². The highest BCUT2D eigenvalue weighted by Gasteiger charge is 2.26. The van der Waals surface area contributed by atoms with Crippen molar-refractivity contribution in [3.05, 3.63) is 0 Å². The van der Waals surface area contributed by atoms with Gasteiger partial charge in [-0.3, -0.25) is 0 Å². The molecule has 1 aliphatic carbocycles. The second-order valence-electron chi connectivity index (χ2n) is 4.46. The van der Waals surface area contributed by atoms with Crippen molar-refractivity contribution in [2.75, 3.05) is 0 Å². The molecule has 0 bridgehead atoms. The van der Waals surface area contributed by atoms with E-state index in [0.717, 1.165) is 17.8 Å². The summed E-state index contributed by atoms with van der Waals surface area (Å²) in [5, 5.41) is 0. The molecule has 0 aliphatic heterocycles. The zero-order valence-corrected chi connectivity index (χ0v) is 9.23. The number of nitrogens with two attached hydrogens (primary N) is 1. The molecule has 12 heavy (non-hydrogen) atoms. The van der Waals surface area contributed by atoms with Crippen LogP contribution in [-0.2, 0) is 0 Å². The molecule has 0 spiro atoms. The molecule has 74 valence electrons. The summed E-state index contributed by atoms with van der Waals surface area (Å²) in [6.07, 6.45) is 3.98. The predicted octanol–water partition coefficient (Wildman–Crippen LogP) is 2.83. The van der Waals surface area contributed by atoms with Crippen molar-refractivity contribution in [2.45, 2.75) is 46.1 Å². The fourth-order valence-electron chi connectivity index (χ4n) is 2.00. The first-order valence-electron chi connectivity index (χ1n) is 4.87. The normalized spacial score (nSPS) is 36.2. The van der Waals surface area contributed by atoms with Crippen LogP contribution in [0.1, 0.15) is 40.0 Å². The summed E-state index contributed by atoms with van der Waals surface area (Å²) < 4.78 is 0. The van der Waals surface area contributed by atoms with Gasteiger partial charge >= 0.3 is 0 Å². The van der Waals surface area contributed by atoms with Gasteiger partial charge in [-0.05, 0) is 37.0 Å². The smallest absolute Gasteiger partial charge is 0.00672 e. The maximum atomic E-state index is 6.01. The van der Waals surface area contributed by atoms with Crippen molar-refractivity contribution in [1.29, 1.82) is 0 Å². The molecule has 0 radical (unpaired) electrons. The average Bonchev–Trinajstić information content (AvgIpc) is 1.94. The molecule has 0 aromatic carbocycles. The minimum atomic E-state index is 0. The van der Waals surface area contributed by atoms with Gasteiger partial charge in [0.15, 0.2) is 0 Å². The van der Waals surface area contributed by atoms with Crippen molar-refractivity contribution >= 4 is 12.4 Å². The summed E-state index contributed by atoms with van der Waals surface area (Å²) in [5.41, 5.74) is 6.01. The summed E-state index contributed by atoms with van der Waals surface area (Å²) in [4.78, 5) is 0. The Morgan fingerprint density at radius 2 is 1.83 bits per heavy atom. The molecule has 1 aliphatic rings. The van der Waals surface area contributed by atoms with Gasteiger partial charge in [0.1, 0.15) is 0 Å². The van der Waals surface area contributed by atoms with Crippen molar-refractivity contribution in [3.8, 4) is 0 Å². The molecule has 2 N–H and O–H groups in total. The standard InChI is InChI=1S/C10H21N.ClH/c1-7(2)9-5-4-8(3)10(11)6-9;/h7-10H,4-6,11H2,1-3H3;1H. The lowest BCUT2D eigenvalue weighted by Crippen LogP contribution is -2.36. The molecule has 1 saturated carbocycles. The molecule has 1 nitrogen and oxygen atoms in total. The first-order chi connectivity index (χ1) is 5.11. The molecule has 0 aromatic rings. The van der Waals surface area contributed by atoms with E-state index in [4.69, 9.17) is 5.73 Å². The molecular formula is C10H22ClN. The first kappa shape index (κ1) is 12.2. The first-order valence-corrected chi connectivity index (χ1v) is 4.87. The number of hydrogen-bond acceptors (Lipinski definition) is 1. The van der Waals surface area contributed by atoms with Gasteiger partial charge in [-0.15, -0.1) is 12.4 Å². The summed E-state index contributed by atoms with van der Waals surface area (Å²) in [5.74, 6) is 2.47. The largest absolute Gasteiger partial charge is 0.327 e. The Kier molecular flexibility index (Phi) is 5.19. The van der Waals surface area contributed by atoms with E-state index in [1.807, 2.05) is 0 Å². The van der Waals surface area contributed by atoms with E-state index in [-0.39, 0.29) is 12.4 Å². The zero-order chi connectivity index (χ0) is 8.43. The van der Waals surface area contributed by atoms with Crippen LogP contribution in [0.4, 0.5) is 0 Å². The van der Waals surface area contributed by atoms with Crippen molar-refractivity contribution < 1.29 is 0 Å². The van der Waals surface area contributed by atoms with Gasteiger partial charge < -0.3 is 5.73 Å². The van der Waals surface area contributed by atoms with Crippen LogP contribution in [0.15, 0.2) is 0 Å². The lowest BCUT2D eigenvalue weighted by molar-refractivity contribution is 0.206. The van der Waals surface area contributed by atoms with E-state index in [1.54, 1.807) is 0 Å². The Bertz CT molecular complexity index is 125. The quantitative estimate of drug-likeness (QED) is 0.678. The monoisotopic (exact) mass is 191 g/mol. The van der Waals surface area contributed by atoms with Gasteiger partial charge in [-0.25, -0.2) is 0 Å². The van der Waals surface area contributed by atoms with Crippen LogP contribution in [0, 0.1) is 17.8 Å². The van der Waals surface area contributed by atoms with Crippen LogP contribution >= 0.6 is 12.4 Å². The van der Waals surface area contributed by atoms with Gasteiger partial charge in [0.2, 0.25) is 0 Å². The topological polar surface area (TPSA) is 26.0 Å². The third-order valence-corrected chi connectivity index (χ3v) is 3.24. The predicted molar refractivity (Wildman–Crippen MR) is 56.6 cm³/mol. The van der Waals surface area contributed by atoms with Crippen molar-refractivity contribution in [1.82, 2.24) is 0 Å². The van der Waals surface area contributed by atoms with Crippen LogP contribution in [-0.4, -0.2) is 6.04 Å². The molecular weight excluding hydrogens is 170 g/mol. The maximum Gasteiger partial charge on any atom is 0.00672 e. The fraction of sp³-hybridized carbons (Fsp3) is 1.00. The van der Waals surface area contributed by atoms with Crippen molar-refractivity contribution in [2.24, 2.45) is 23.5 Å². The fourth-order valence-corrected chi connectivity index (χ4v) is 2.00. The SMILES string of the molecule is CC(C)C1CCC(C)C(N)C1.Cl. The van der Waals surface area contributed by atoms with E-state index >= 15 is 0 Å². The molecule has 0 heterocycles. The van der Waals surface area contributed by atoms with Gasteiger partial charge in [0, 0.05) is 6.04 Å². The highest BCUT2D eigenvalue weighted by molar-refractivity contribution is 5.85. The van der Waals surface area contributed by atoms with Crippen LogP contribution in [0.2, 0.25) is 0 Å². The summed E-state index contributed by atoms with van der Waals surface area (Å²) in [6.45, 7) is 6.90. The van der Waals surface area contributed by atoms with Gasteiger partial charge in [-0.1, -0.05) is 20.8 Å². The van der Waals surface area contributed by atoms with Gasteiger partial charge in [0.05, 0.1) is 0 Å². The lowest BCUT2D eigenvalue weighted by atomic mass is 9.75. The van der Waals surface area contributed by atoms with Crippen LogP contribution < -0.4 is 5.73 Å². The third kappa shape index (κ3) is 2.95. The summed E-state index contributed by atoms with van der Waals surface area (Å²) >= 11 is 0. The molecule has 3 unspecified atom stereocenters. The molecule has 3 atom stereocenters. The third-order valence-electron chi connectivity index (χ3n) is 3.24. The summed E-state index contributed by atoms with van der Waals surface area (Å²) in [7, 11) is 0. The molecule has 2 heteroatoms. The zero-order valence-electron chi connectivity index (χ0n) is 8.42. The Balaban J connectivity index is 0.00000121. The molecule has 1 rings (SSSR count). The average molecular weight is 192 g/mol. The number of halogens is 1. The second-order valence-corrected chi connectivity index (χ2v) is 4.46.